The standard InChI is InChI=1S/C36H35FN4O3/c1-36(2,3)40-35(43)44-33(32(26-15-9-5-10-16-26)27-17-11-6-12-18-27)34(42)39-29-19-20-30(31(37)21-29)28-22-38-41(24-28)23-25-13-7-4-8-14-25/h4-22,24,32-33H,23H2,1-3H3,(H,39,42)(H,40,43)/t33-/m0/s1. The molecule has 0 aliphatic heterocycles. The van der Waals surface area contributed by atoms with E-state index in [-0.39, 0.29) is 5.69 Å². The van der Waals surface area contributed by atoms with Crippen molar-refractivity contribution in [3.8, 4) is 11.1 Å². The Balaban J connectivity index is 1.41. The Morgan fingerprint density at radius 3 is 2.02 bits per heavy atom. The van der Waals surface area contributed by atoms with E-state index in [1.165, 1.54) is 6.07 Å². The molecule has 0 saturated carbocycles. The molecule has 0 fully saturated rings. The molecule has 0 unspecified atom stereocenters. The van der Waals surface area contributed by atoms with Gasteiger partial charge in [-0.25, -0.2) is 9.18 Å². The quantitative estimate of drug-likeness (QED) is 0.187. The fraction of sp³-hybridized carbons (Fsp3) is 0.194. The van der Waals surface area contributed by atoms with Crippen LogP contribution in [0.5, 0.6) is 0 Å². The van der Waals surface area contributed by atoms with Crippen LogP contribution in [-0.2, 0) is 16.1 Å². The number of hydrogen-bond donors (Lipinski definition) is 2. The Morgan fingerprint density at radius 2 is 1.45 bits per heavy atom. The summed E-state index contributed by atoms with van der Waals surface area (Å²) in [7, 11) is 0. The largest absolute Gasteiger partial charge is 0.435 e. The van der Waals surface area contributed by atoms with E-state index in [9.17, 15) is 9.59 Å². The number of amides is 2. The van der Waals surface area contributed by atoms with E-state index in [1.807, 2.05) is 112 Å². The minimum atomic E-state index is -1.26. The highest BCUT2D eigenvalue weighted by atomic mass is 19.1. The van der Waals surface area contributed by atoms with Gasteiger partial charge in [-0.15, -0.1) is 0 Å². The molecule has 44 heavy (non-hydrogen) atoms. The van der Waals surface area contributed by atoms with E-state index < -0.39 is 35.4 Å². The summed E-state index contributed by atoms with van der Waals surface area (Å²) < 4.78 is 23.0. The van der Waals surface area contributed by atoms with Gasteiger partial charge in [0, 0.05) is 28.6 Å². The smallest absolute Gasteiger partial charge is 0.408 e. The zero-order chi connectivity index (χ0) is 31.1. The third-order valence-corrected chi connectivity index (χ3v) is 6.96. The second kappa shape index (κ2) is 13.4. The highest BCUT2D eigenvalue weighted by Gasteiger charge is 2.35. The highest BCUT2D eigenvalue weighted by Crippen LogP contribution is 2.32. The molecule has 0 radical (unpaired) electrons. The van der Waals surface area contributed by atoms with Crippen LogP contribution < -0.4 is 10.6 Å². The van der Waals surface area contributed by atoms with Crippen molar-refractivity contribution in [3.05, 3.63) is 144 Å². The molecule has 4 aromatic carbocycles. The van der Waals surface area contributed by atoms with Gasteiger partial charge < -0.3 is 15.4 Å². The normalized spacial score (nSPS) is 12.0. The van der Waals surface area contributed by atoms with Crippen LogP contribution in [0.4, 0.5) is 14.9 Å². The van der Waals surface area contributed by atoms with Crippen LogP contribution in [0.15, 0.2) is 122 Å². The van der Waals surface area contributed by atoms with Gasteiger partial charge in [-0.05, 0) is 55.7 Å². The number of halogens is 1. The average Bonchev–Trinajstić information content (AvgIpc) is 3.45. The maximum absolute atomic E-state index is 15.4. The first-order valence-corrected chi connectivity index (χ1v) is 14.4. The second-order valence-corrected chi connectivity index (χ2v) is 11.6. The van der Waals surface area contributed by atoms with Crippen molar-refractivity contribution in [1.82, 2.24) is 15.1 Å². The molecular weight excluding hydrogens is 555 g/mol. The fourth-order valence-electron chi connectivity index (χ4n) is 4.99. The van der Waals surface area contributed by atoms with Gasteiger partial charge in [0.15, 0.2) is 6.10 Å². The molecule has 2 N–H and O–H groups in total. The molecule has 0 spiro atoms. The van der Waals surface area contributed by atoms with Gasteiger partial charge in [0.1, 0.15) is 5.82 Å². The lowest BCUT2D eigenvalue weighted by Gasteiger charge is -2.29. The van der Waals surface area contributed by atoms with Gasteiger partial charge in [-0.2, -0.15) is 5.10 Å². The van der Waals surface area contributed by atoms with Crippen LogP contribution in [0.2, 0.25) is 0 Å². The van der Waals surface area contributed by atoms with Crippen molar-refractivity contribution in [3.63, 3.8) is 0 Å². The number of carbonyl (C=O) groups excluding carboxylic acids is 2. The van der Waals surface area contributed by atoms with Crippen molar-refractivity contribution < 1.29 is 18.7 Å². The van der Waals surface area contributed by atoms with Crippen molar-refractivity contribution in [2.24, 2.45) is 0 Å². The fourth-order valence-corrected chi connectivity index (χ4v) is 4.99. The number of hydrogen-bond acceptors (Lipinski definition) is 4. The lowest BCUT2D eigenvalue weighted by molar-refractivity contribution is -0.125. The van der Waals surface area contributed by atoms with E-state index in [0.29, 0.717) is 17.7 Å². The molecule has 8 heteroatoms. The summed E-state index contributed by atoms with van der Waals surface area (Å²) in [5, 5.41) is 9.93. The zero-order valence-corrected chi connectivity index (χ0v) is 24.9. The van der Waals surface area contributed by atoms with Crippen LogP contribution in [0.3, 0.4) is 0 Å². The van der Waals surface area contributed by atoms with Crippen LogP contribution in [0, 0.1) is 5.82 Å². The van der Waals surface area contributed by atoms with Gasteiger partial charge in [0.2, 0.25) is 0 Å². The first-order chi connectivity index (χ1) is 21.2. The lowest BCUT2D eigenvalue weighted by atomic mass is 9.86. The predicted molar refractivity (Wildman–Crippen MR) is 170 cm³/mol. The molecule has 5 rings (SSSR count). The molecule has 0 aliphatic rings. The van der Waals surface area contributed by atoms with Gasteiger partial charge in [0.05, 0.1) is 18.7 Å². The number of benzene rings is 4. The van der Waals surface area contributed by atoms with E-state index in [4.69, 9.17) is 4.74 Å². The summed E-state index contributed by atoms with van der Waals surface area (Å²) in [6.07, 6.45) is 1.40. The number of aromatic nitrogens is 2. The minimum Gasteiger partial charge on any atom is -0.435 e. The molecule has 0 aliphatic carbocycles. The zero-order valence-electron chi connectivity index (χ0n) is 24.9. The summed E-state index contributed by atoms with van der Waals surface area (Å²) in [4.78, 5) is 26.9. The molecular formula is C36H35FN4O3. The van der Waals surface area contributed by atoms with Crippen LogP contribution in [0.25, 0.3) is 11.1 Å². The van der Waals surface area contributed by atoms with Gasteiger partial charge in [0.25, 0.3) is 5.91 Å². The molecule has 0 saturated heterocycles. The van der Waals surface area contributed by atoms with Crippen molar-refractivity contribution >= 4 is 17.7 Å². The molecule has 7 nitrogen and oxygen atoms in total. The Morgan fingerprint density at radius 1 is 0.864 bits per heavy atom. The molecule has 1 aromatic heterocycles. The number of alkyl carbamates (subject to hydrolysis) is 1. The molecule has 1 atom stereocenters. The summed E-state index contributed by atoms with van der Waals surface area (Å²) in [5.41, 5.74) is 3.28. The van der Waals surface area contributed by atoms with Crippen molar-refractivity contribution in [1.29, 1.82) is 0 Å². The summed E-state index contributed by atoms with van der Waals surface area (Å²) in [6.45, 7) is 6.03. The topological polar surface area (TPSA) is 85.2 Å². The molecule has 5 aromatic rings. The molecule has 224 valence electrons. The Labute approximate surface area is 256 Å². The van der Waals surface area contributed by atoms with E-state index in [0.717, 1.165) is 16.7 Å². The number of anilines is 1. The number of rotatable bonds is 9. The third kappa shape index (κ3) is 7.77. The summed E-state index contributed by atoms with van der Waals surface area (Å²) in [6, 6.07) is 33.1. The second-order valence-electron chi connectivity index (χ2n) is 11.6. The van der Waals surface area contributed by atoms with E-state index in [1.54, 1.807) is 29.2 Å². The number of nitrogens with zero attached hydrogens (tertiary/aromatic N) is 2. The summed E-state index contributed by atoms with van der Waals surface area (Å²) in [5.74, 6) is -1.73. The predicted octanol–water partition coefficient (Wildman–Crippen LogP) is 7.40. The Kier molecular flexibility index (Phi) is 9.19. The average molecular weight is 591 g/mol. The van der Waals surface area contributed by atoms with Gasteiger partial charge >= 0.3 is 6.09 Å². The van der Waals surface area contributed by atoms with Crippen molar-refractivity contribution in [2.75, 3.05) is 5.32 Å². The maximum atomic E-state index is 15.4. The third-order valence-electron chi connectivity index (χ3n) is 6.96. The van der Waals surface area contributed by atoms with E-state index in [2.05, 4.69) is 15.7 Å². The summed E-state index contributed by atoms with van der Waals surface area (Å²) >= 11 is 0. The van der Waals surface area contributed by atoms with Crippen LogP contribution >= 0.6 is 0 Å². The SMILES string of the molecule is CC(C)(C)NC(=O)O[C@H](C(=O)Nc1ccc(-c2cnn(Cc3ccccc3)c2)c(F)c1)C(c1ccccc1)c1ccccc1. The number of nitrogens with one attached hydrogen (secondary N) is 2. The number of ether oxygens (including phenoxy) is 1. The minimum absolute atomic E-state index is 0.234. The molecule has 2 amide bonds. The number of carbonyl (C=O) groups is 2. The monoisotopic (exact) mass is 590 g/mol. The Hall–Kier alpha value is -5.24. The first-order valence-electron chi connectivity index (χ1n) is 14.4. The lowest BCUT2D eigenvalue weighted by Crippen LogP contribution is -2.46. The van der Waals surface area contributed by atoms with Crippen LogP contribution in [-0.4, -0.2) is 33.4 Å². The first kappa shape index (κ1) is 30.2. The molecule has 0 bridgehead atoms. The van der Waals surface area contributed by atoms with E-state index >= 15 is 4.39 Å². The highest BCUT2D eigenvalue weighted by molar-refractivity contribution is 5.96. The van der Waals surface area contributed by atoms with Gasteiger partial charge in [-0.3, -0.25) is 9.48 Å². The molecule has 1 heterocycles. The van der Waals surface area contributed by atoms with Gasteiger partial charge in [-0.1, -0.05) is 91.0 Å². The maximum Gasteiger partial charge on any atom is 0.408 e. The van der Waals surface area contributed by atoms with Crippen LogP contribution in [0.1, 0.15) is 43.4 Å². The van der Waals surface area contributed by atoms with Crippen molar-refractivity contribution in [2.45, 2.75) is 44.9 Å². The Bertz CT molecular complexity index is 1660.